The quantitative estimate of drug-likeness (QED) is 0.676. The van der Waals surface area contributed by atoms with Gasteiger partial charge in [0.15, 0.2) is 12.5 Å². The summed E-state index contributed by atoms with van der Waals surface area (Å²) < 4.78 is 22.8. The van der Waals surface area contributed by atoms with E-state index in [4.69, 9.17) is 4.74 Å². The number of aldehydes is 1. The molecule has 1 saturated heterocycles. The lowest BCUT2D eigenvalue weighted by molar-refractivity contribution is -0.117. The molecule has 1 N–H and O–H groups in total. The van der Waals surface area contributed by atoms with Gasteiger partial charge in [0.1, 0.15) is 11.9 Å². The Balaban J connectivity index is 1.67. The van der Waals surface area contributed by atoms with E-state index >= 15 is 0 Å². The van der Waals surface area contributed by atoms with Crippen molar-refractivity contribution in [3.63, 3.8) is 0 Å². The second-order valence-electron chi connectivity index (χ2n) is 6.41. The number of benzene rings is 2. The lowest BCUT2D eigenvalue weighted by atomic mass is 10.2. The largest absolute Gasteiger partial charge is 0.394 e. The van der Waals surface area contributed by atoms with E-state index in [1.165, 1.54) is 27.5 Å². The molecular weight excluding hydrogens is 365 g/mol. The maximum absolute atomic E-state index is 14.8. The van der Waals surface area contributed by atoms with Crippen molar-refractivity contribution in [2.24, 2.45) is 0 Å². The van der Waals surface area contributed by atoms with Crippen LogP contribution in [-0.4, -0.2) is 46.0 Å². The summed E-state index contributed by atoms with van der Waals surface area (Å²) >= 11 is 0. The number of aliphatic hydroxyl groups is 1. The van der Waals surface area contributed by atoms with Crippen LogP contribution in [0.1, 0.15) is 0 Å². The molecule has 1 unspecified atom stereocenters. The number of aliphatic hydroxyl groups excluding tert-OH is 1. The molecule has 0 aliphatic carbocycles. The van der Waals surface area contributed by atoms with Gasteiger partial charge in [-0.25, -0.2) is 9.18 Å². The minimum atomic E-state index is -0.885. The Kier molecular flexibility index (Phi) is 4.81. The number of hydrogen-bond donors (Lipinski definition) is 1. The summed E-state index contributed by atoms with van der Waals surface area (Å²) in [6, 6.07) is 13.4. The fourth-order valence-electron chi connectivity index (χ4n) is 3.31. The Labute approximate surface area is 159 Å². The highest BCUT2D eigenvalue weighted by Crippen LogP contribution is 2.26. The number of anilines is 1. The van der Waals surface area contributed by atoms with E-state index in [9.17, 15) is 19.1 Å². The molecule has 0 amide bonds. The molecular formula is C20H18FN3O4. The lowest BCUT2D eigenvalue weighted by Gasteiger charge is -2.21. The number of ether oxygens (including phenoxy) is 1. The third-order valence-corrected chi connectivity index (χ3v) is 4.69. The number of carbonyl (C=O) groups is 1. The Morgan fingerprint density at radius 2 is 1.86 bits per heavy atom. The summed E-state index contributed by atoms with van der Waals surface area (Å²) in [5.41, 5.74) is 0.824. The first kappa shape index (κ1) is 18.1. The van der Waals surface area contributed by atoms with Crippen molar-refractivity contribution < 1.29 is 19.0 Å². The van der Waals surface area contributed by atoms with Gasteiger partial charge in [0.25, 0.3) is 0 Å². The smallest absolute Gasteiger partial charge is 0.337 e. The fraction of sp³-hybridized carbons (Fsp3) is 0.200. The van der Waals surface area contributed by atoms with Gasteiger partial charge in [0.2, 0.25) is 0 Å². The number of hydrogen-bond acceptors (Lipinski definition) is 5. The van der Waals surface area contributed by atoms with Crippen LogP contribution in [-0.2, 0) is 9.53 Å². The molecule has 7 nitrogen and oxygen atoms in total. The van der Waals surface area contributed by atoms with Crippen LogP contribution in [0.2, 0.25) is 0 Å². The highest BCUT2D eigenvalue weighted by atomic mass is 19.1. The normalized spacial score (nSPS) is 19.1. The van der Waals surface area contributed by atoms with Crippen molar-refractivity contribution in [3.05, 3.63) is 77.2 Å². The van der Waals surface area contributed by atoms with Crippen LogP contribution in [0.5, 0.6) is 0 Å². The van der Waals surface area contributed by atoms with Gasteiger partial charge in [-0.15, -0.1) is 0 Å². The number of rotatable bonds is 5. The summed E-state index contributed by atoms with van der Waals surface area (Å²) in [6.45, 7) is 0.0346. The van der Waals surface area contributed by atoms with Crippen LogP contribution in [0.25, 0.3) is 11.4 Å². The van der Waals surface area contributed by atoms with Gasteiger partial charge in [-0.1, -0.05) is 18.2 Å². The molecule has 3 aromatic rings. The van der Waals surface area contributed by atoms with Gasteiger partial charge in [-0.05, 0) is 30.3 Å². The van der Waals surface area contributed by atoms with Gasteiger partial charge in [0, 0.05) is 24.6 Å². The predicted molar refractivity (Wildman–Crippen MR) is 100 cm³/mol. The first-order valence-electron chi connectivity index (χ1n) is 8.76. The SMILES string of the molecule is O=CC1O[C@@H](CO)CN1c1ccc(-n2ccn(-c3ccccc3)c2=O)c(F)c1. The van der Waals surface area contributed by atoms with Crippen LogP contribution in [0.4, 0.5) is 10.1 Å². The fourth-order valence-corrected chi connectivity index (χ4v) is 3.31. The van der Waals surface area contributed by atoms with Crippen molar-refractivity contribution >= 4 is 12.0 Å². The molecule has 0 radical (unpaired) electrons. The Bertz CT molecular complexity index is 1050. The van der Waals surface area contributed by atoms with Crippen LogP contribution >= 0.6 is 0 Å². The number of carbonyl (C=O) groups excluding carboxylic acids is 1. The third-order valence-electron chi connectivity index (χ3n) is 4.69. The second-order valence-corrected chi connectivity index (χ2v) is 6.41. The van der Waals surface area contributed by atoms with E-state index in [1.807, 2.05) is 18.2 Å². The minimum absolute atomic E-state index is 0.102. The standard InChI is InChI=1S/C20H18FN3O4/c21-17-10-15(24-11-16(12-25)28-19(24)13-26)6-7-18(17)23-9-8-22(20(23)27)14-4-2-1-3-5-14/h1-10,13,16,19,25H,11-12H2/t16-,19?/m1/s1. The lowest BCUT2D eigenvalue weighted by Crippen LogP contribution is -2.31. The highest BCUT2D eigenvalue weighted by molar-refractivity contribution is 5.66. The molecule has 1 aliphatic rings. The van der Waals surface area contributed by atoms with E-state index in [0.29, 0.717) is 17.7 Å². The van der Waals surface area contributed by atoms with Gasteiger partial charge in [0.05, 0.1) is 18.0 Å². The van der Waals surface area contributed by atoms with Crippen LogP contribution in [0, 0.1) is 5.82 Å². The predicted octanol–water partition coefficient (Wildman–Crippen LogP) is 1.49. The topological polar surface area (TPSA) is 76.7 Å². The Morgan fingerprint density at radius 3 is 2.54 bits per heavy atom. The molecule has 0 spiro atoms. The van der Waals surface area contributed by atoms with E-state index in [2.05, 4.69) is 0 Å². The number of halogens is 1. The number of imidazole rings is 1. The minimum Gasteiger partial charge on any atom is -0.394 e. The summed E-state index contributed by atoms with van der Waals surface area (Å²) in [4.78, 5) is 25.5. The summed E-state index contributed by atoms with van der Waals surface area (Å²) in [7, 11) is 0. The van der Waals surface area contributed by atoms with Crippen LogP contribution in [0.3, 0.4) is 0 Å². The molecule has 144 valence electrons. The van der Waals surface area contributed by atoms with E-state index in [1.54, 1.807) is 29.3 Å². The summed E-state index contributed by atoms with van der Waals surface area (Å²) in [6.07, 6.45) is 2.28. The van der Waals surface area contributed by atoms with Crippen LogP contribution < -0.4 is 10.6 Å². The molecule has 1 fully saturated rings. The first-order valence-corrected chi connectivity index (χ1v) is 8.76. The van der Waals surface area contributed by atoms with E-state index in [-0.39, 0.29) is 18.8 Å². The maximum atomic E-state index is 14.8. The molecule has 2 aromatic carbocycles. The zero-order chi connectivity index (χ0) is 19.7. The van der Waals surface area contributed by atoms with Crippen molar-refractivity contribution in [2.45, 2.75) is 12.3 Å². The monoisotopic (exact) mass is 383 g/mol. The van der Waals surface area contributed by atoms with E-state index < -0.39 is 23.8 Å². The molecule has 0 saturated carbocycles. The molecule has 28 heavy (non-hydrogen) atoms. The zero-order valence-corrected chi connectivity index (χ0v) is 14.8. The van der Waals surface area contributed by atoms with E-state index in [0.717, 1.165) is 0 Å². The molecule has 4 rings (SSSR count). The second kappa shape index (κ2) is 7.41. The van der Waals surface area contributed by atoms with Crippen LogP contribution in [0.15, 0.2) is 65.7 Å². The summed E-state index contributed by atoms with van der Waals surface area (Å²) in [5.74, 6) is -0.609. The van der Waals surface area contributed by atoms with Gasteiger partial charge >= 0.3 is 5.69 Å². The average molecular weight is 383 g/mol. The Hall–Kier alpha value is -3.23. The molecule has 2 heterocycles. The molecule has 2 atom stereocenters. The first-order chi connectivity index (χ1) is 13.6. The van der Waals surface area contributed by atoms with Crippen molar-refractivity contribution in [2.75, 3.05) is 18.1 Å². The number of aromatic nitrogens is 2. The molecule has 8 heteroatoms. The van der Waals surface area contributed by atoms with Crippen molar-refractivity contribution in [3.8, 4) is 11.4 Å². The maximum Gasteiger partial charge on any atom is 0.337 e. The van der Waals surface area contributed by atoms with Gasteiger partial charge < -0.3 is 14.7 Å². The highest BCUT2D eigenvalue weighted by Gasteiger charge is 2.32. The van der Waals surface area contributed by atoms with Crippen molar-refractivity contribution in [1.82, 2.24) is 9.13 Å². The number of para-hydroxylation sites is 1. The molecule has 1 aromatic heterocycles. The number of nitrogens with zero attached hydrogens (tertiary/aromatic N) is 3. The Morgan fingerprint density at radius 1 is 1.11 bits per heavy atom. The molecule has 0 bridgehead atoms. The van der Waals surface area contributed by atoms with Gasteiger partial charge in [-0.3, -0.25) is 13.9 Å². The molecule has 1 aliphatic heterocycles. The van der Waals surface area contributed by atoms with Crippen molar-refractivity contribution in [1.29, 1.82) is 0 Å². The third kappa shape index (κ3) is 3.12. The van der Waals surface area contributed by atoms with Gasteiger partial charge in [-0.2, -0.15) is 0 Å². The average Bonchev–Trinajstić information content (AvgIpc) is 3.32. The zero-order valence-electron chi connectivity index (χ0n) is 14.8. The summed E-state index contributed by atoms with van der Waals surface area (Å²) in [5, 5.41) is 9.24.